The number of hydrogen-bond donors (Lipinski definition) is 1. The van der Waals surface area contributed by atoms with Crippen molar-refractivity contribution in [3.63, 3.8) is 0 Å². The maximum Gasteiger partial charge on any atom is 0.0192 e. The fourth-order valence-electron chi connectivity index (χ4n) is 3.46. The minimum atomic E-state index is 0.703. The smallest absolute Gasteiger partial charge is 0.0192 e. The summed E-state index contributed by atoms with van der Waals surface area (Å²) in [6, 6.07) is 1.44. The van der Waals surface area contributed by atoms with Crippen molar-refractivity contribution < 1.29 is 0 Å². The lowest BCUT2D eigenvalue weighted by molar-refractivity contribution is 0.158. The minimum absolute atomic E-state index is 0.703. The molecule has 3 nitrogen and oxygen atoms in total. The van der Waals surface area contributed by atoms with E-state index in [1.54, 1.807) is 0 Å². The van der Waals surface area contributed by atoms with E-state index in [0.29, 0.717) is 6.04 Å². The molecule has 122 valence electrons. The third-order valence-corrected chi connectivity index (χ3v) is 5.06. The molecule has 0 aliphatic carbocycles. The Balaban J connectivity index is 1.61. The average Bonchev–Trinajstić information content (AvgIpc) is 2.52. The second-order valence-corrected chi connectivity index (χ2v) is 7.21. The molecule has 1 atom stereocenters. The summed E-state index contributed by atoms with van der Waals surface area (Å²) in [5.41, 5.74) is 1.44. The molecule has 0 aromatic heterocycles. The minimum Gasteiger partial charge on any atom is -0.312 e. The van der Waals surface area contributed by atoms with Gasteiger partial charge < -0.3 is 5.32 Å². The van der Waals surface area contributed by atoms with Crippen LogP contribution in [0.3, 0.4) is 0 Å². The van der Waals surface area contributed by atoms with Gasteiger partial charge in [0, 0.05) is 25.2 Å². The lowest BCUT2D eigenvalue weighted by Crippen LogP contribution is -2.48. The average molecular weight is 293 g/mol. The molecular weight excluding hydrogens is 258 g/mol. The molecular formula is C18H35N3. The maximum atomic E-state index is 3.82. The highest BCUT2D eigenvalue weighted by Crippen LogP contribution is 2.13. The van der Waals surface area contributed by atoms with Gasteiger partial charge in [-0.25, -0.2) is 0 Å². The van der Waals surface area contributed by atoms with Crippen molar-refractivity contribution in [3.8, 4) is 0 Å². The Bertz CT molecular complexity index is 308. The lowest BCUT2D eigenvalue weighted by Gasteiger charge is -2.35. The molecule has 0 radical (unpaired) electrons. The van der Waals surface area contributed by atoms with E-state index in [0.717, 1.165) is 12.6 Å². The van der Waals surface area contributed by atoms with E-state index in [2.05, 4.69) is 42.0 Å². The number of likely N-dealkylation sites (tertiary alicyclic amines) is 2. The molecule has 0 saturated carbocycles. The van der Waals surface area contributed by atoms with Crippen LogP contribution in [0.1, 0.15) is 52.9 Å². The molecule has 2 saturated heterocycles. The Morgan fingerprint density at radius 3 is 2.38 bits per heavy atom. The third-order valence-electron chi connectivity index (χ3n) is 5.06. The van der Waals surface area contributed by atoms with Gasteiger partial charge in [-0.05, 0) is 72.6 Å². The molecule has 0 amide bonds. The van der Waals surface area contributed by atoms with Gasteiger partial charge in [-0.1, -0.05) is 18.1 Å². The molecule has 3 heteroatoms. The highest BCUT2D eigenvalue weighted by molar-refractivity contribution is 4.95. The van der Waals surface area contributed by atoms with Crippen LogP contribution in [0.5, 0.6) is 0 Å². The van der Waals surface area contributed by atoms with Crippen molar-refractivity contribution in [1.82, 2.24) is 15.1 Å². The van der Waals surface area contributed by atoms with Crippen molar-refractivity contribution in [2.75, 3.05) is 39.3 Å². The third kappa shape index (κ3) is 6.09. The largest absolute Gasteiger partial charge is 0.312 e. The number of piperidine rings is 2. The van der Waals surface area contributed by atoms with Crippen LogP contribution in [-0.2, 0) is 0 Å². The molecule has 1 N–H and O–H groups in total. The number of nitrogens with zero attached hydrogens (tertiary/aromatic N) is 2. The van der Waals surface area contributed by atoms with E-state index in [1.165, 1.54) is 70.4 Å². The van der Waals surface area contributed by atoms with E-state index >= 15 is 0 Å². The summed E-state index contributed by atoms with van der Waals surface area (Å²) in [5.74, 6) is 0. The second kappa shape index (κ2) is 8.92. The van der Waals surface area contributed by atoms with E-state index in [1.807, 2.05) is 0 Å². The summed E-state index contributed by atoms with van der Waals surface area (Å²) in [6.45, 7) is 14.2. The van der Waals surface area contributed by atoms with Gasteiger partial charge in [-0.15, -0.1) is 0 Å². The first-order chi connectivity index (χ1) is 10.1. The van der Waals surface area contributed by atoms with Crippen molar-refractivity contribution in [3.05, 3.63) is 11.6 Å². The Morgan fingerprint density at radius 2 is 1.76 bits per heavy atom. The van der Waals surface area contributed by atoms with Gasteiger partial charge in [0.05, 0.1) is 0 Å². The van der Waals surface area contributed by atoms with Crippen molar-refractivity contribution >= 4 is 0 Å². The molecule has 2 aliphatic heterocycles. The van der Waals surface area contributed by atoms with Gasteiger partial charge in [0.25, 0.3) is 0 Å². The molecule has 21 heavy (non-hydrogen) atoms. The van der Waals surface area contributed by atoms with Crippen LogP contribution in [0, 0.1) is 0 Å². The van der Waals surface area contributed by atoms with Crippen LogP contribution >= 0.6 is 0 Å². The summed E-state index contributed by atoms with van der Waals surface area (Å²) in [4.78, 5) is 5.25. The summed E-state index contributed by atoms with van der Waals surface area (Å²) in [7, 11) is 0. The van der Waals surface area contributed by atoms with E-state index in [4.69, 9.17) is 0 Å². The first-order valence-corrected chi connectivity index (χ1v) is 8.98. The Morgan fingerprint density at radius 1 is 1.10 bits per heavy atom. The topological polar surface area (TPSA) is 18.5 Å². The molecule has 1 unspecified atom stereocenters. The molecule has 2 aliphatic rings. The Labute approximate surface area is 131 Å². The molecule has 2 fully saturated rings. The maximum absolute atomic E-state index is 3.82. The Kier molecular flexibility index (Phi) is 7.21. The monoisotopic (exact) mass is 293 g/mol. The predicted octanol–water partition coefficient (Wildman–Crippen LogP) is 2.88. The van der Waals surface area contributed by atoms with Crippen LogP contribution in [0.25, 0.3) is 0 Å². The van der Waals surface area contributed by atoms with Crippen LogP contribution in [0.15, 0.2) is 11.6 Å². The normalized spacial score (nSPS) is 24.0. The van der Waals surface area contributed by atoms with Gasteiger partial charge in [0.2, 0.25) is 0 Å². The van der Waals surface area contributed by atoms with E-state index < -0.39 is 0 Å². The molecule has 0 spiro atoms. The van der Waals surface area contributed by atoms with Gasteiger partial charge in [-0.2, -0.15) is 0 Å². The number of nitrogens with one attached hydrogen (secondary N) is 1. The highest BCUT2D eigenvalue weighted by Gasteiger charge is 2.21. The second-order valence-electron chi connectivity index (χ2n) is 7.21. The molecule has 0 bridgehead atoms. The van der Waals surface area contributed by atoms with E-state index in [9.17, 15) is 0 Å². The highest BCUT2D eigenvalue weighted by atomic mass is 15.2. The zero-order valence-electron chi connectivity index (χ0n) is 14.4. The summed E-state index contributed by atoms with van der Waals surface area (Å²) in [5, 5.41) is 3.82. The van der Waals surface area contributed by atoms with Crippen molar-refractivity contribution in [2.24, 2.45) is 0 Å². The first-order valence-electron chi connectivity index (χ1n) is 8.98. The van der Waals surface area contributed by atoms with Gasteiger partial charge in [0.15, 0.2) is 0 Å². The number of rotatable bonds is 6. The quantitative estimate of drug-likeness (QED) is 0.760. The summed E-state index contributed by atoms with van der Waals surface area (Å²) < 4.78 is 0. The lowest BCUT2D eigenvalue weighted by atomic mass is 10.0. The first kappa shape index (κ1) is 17.0. The van der Waals surface area contributed by atoms with Crippen LogP contribution in [-0.4, -0.2) is 61.2 Å². The number of allylic oxidation sites excluding steroid dienone is 1. The van der Waals surface area contributed by atoms with Crippen LogP contribution in [0.2, 0.25) is 0 Å². The molecule has 2 heterocycles. The zero-order chi connectivity index (χ0) is 15.1. The standard InChI is InChI=1S/C18H35N3/c1-16(2)7-12-20-13-8-18(9-14-20)19-15-17(3)21-10-5-4-6-11-21/h7,17-19H,4-6,8-15H2,1-3H3. The molecule has 2 rings (SSSR count). The molecule has 0 aromatic rings. The predicted molar refractivity (Wildman–Crippen MR) is 91.8 cm³/mol. The summed E-state index contributed by atoms with van der Waals surface area (Å²) >= 11 is 0. The van der Waals surface area contributed by atoms with E-state index in [-0.39, 0.29) is 0 Å². The zero-order valence-corrected chi connectivity index (χ0v) is 14.4. The fraction of sp³-hybridized carbons (Fsp3) is 0.889. The van der Waals surface area contributed by atoms with Crippen LogP contribution in [0.4, 0.5) is 0 Å². The van der Waals surface area contributed by atoms with Gasteiger partial charge >= 0.3 is 0 Å². The van der Waals surface area contributed by atoms with Gasteiger partial charge in [0.1, 0.15) is 0 Å². The van der Waals surface area contributed by atoms with Gasteiger partial charge in [-0.3, -0.25) is 9.80 Å². The number of hydrogen-bond acceptors (Lipinski definition) is 3. The SMILES string of the molecule is CC(C)=CCN1CCC(NCC(C)N2CCCCC2)CC1. The van der Waals surface area contributed by atoms with Crippen molar-refractivity contribution in [1.29, 1.82) is 0 Å². The van der Waals surface area contributed by atoms with Crippen molar-refractivity contribution in [2.45, 2.75) is 65.0 Å². The fourth-order valence-corrected chi connectivity index (χ4v) is 3.46. The summed E-state index contributed by atoms with van der Waals surface area (Å²) in [6.07, 6.45) is 9.19. The Hall–Kier alpha value is -0.380. The molecule has 0 aromatic carbocycles. The van der Waals surface area contributed by atoms with Crippen LogP contribution < -0.4 is 5.32 Å².